The fourth-order valence-corrected chi connectivity index (χ4v) is 1.80. The van der Waals surface area contributed by atoms with Crippen LogP contribution in [0.4, 0.5) is 0 Å². The van der Waals surface area contributed by atoms with Gasteiger partial charge in [-0.3, -0.25) is 4.99 Å². The van der Waals surface area contributed by atoms with Crippen LogP contribution in [0.2, 0.25) is 0 Å². The summed E-state index contributed by atoms with van der Waals surface area (Å²) in [4.78, 5) is 4.19. The number of guanidine groups is 1. The predicted octanol–water partition coefficient (Wildman–Crippen LogP) is 2.84. The molecule has 1 aromatic rings. The van der Waals surface area contributed by atoms with Crippen LogP contribution in [-0.2, 0) is 6.42 Å². The summed E-state index contributed by atoms with van der Waals surface area (Å²) in [5, 5.41) is 6.58. The predicted molar refractivity (Wildman–Crippen MR) is 90.1 cm³/mol. The van der Waals surface area contributed by atoms with E-state index in [1.807, 2.05) is 12.1 Å². The average molecular weight is 291 g/mol. The molecule has 4 heteroatoms. The Morgan fingerprint density at radius 1 is 1.14 bits per heavy atom. The van der Waals surface area contributed by atoms with Gasteiger partial charge in [-0.2, -0.15) is 0 Å². The molecule has 0 heterocycles. The summed E-state index contributed by atoms with van der Waals surface area (Å²) in [5.41, 5.74) is 1.30. The van der Waals surface area contributed by atoms with Crippen LogP contribution in [0, 0.1) is 5.92 Å². The van der Waals surface area contributed by atoms with Crippen LogP contribution in [0.3, 0.4) is 0 Å². The molecule has 0 aliphatic rings. The van der Waals surface area contributed by atoms with Crippen molar-refractivity contribution in [3.8, 4) is 5.75 Å². The highest BCUT2D eigenvalue weighted by atomic mass is 16.5. The third-order valence-electron chi connectivity index (χ3n) is 2.98. The first kappa shape index (κ1) is 17.3. The fourth-order valence-electron chi connectivity index (χ4n) is 1.80. The van der Waals surface area contributed by atoms with Crippen molar-refractivity contribution < 1.29 is 4.74 Å². The molecule has 0 fully saturated rings. The smallest absolute Gasteiger partial charge is 0.190 e. The van der Waals surface area contributed by atoms with E-state index in [0.717, 1.165) is 44.2 Å². The van der Waals surface area contributed by atoms with Crippen molar-refractivity contribution in [2.24, 2.45) is 10.9 Å². The van der Waals surface area contributed by atoms with Crippen molar-refractivity contribution in [3.63, 3.8) is 0 Å². The van der Waals surface area contributed by atoms with E-state index in [-0.39, 0.29) is 0 Å². The number of nitrogens with one attached hydrogen (secondary N) is 2. The van der Waals surface area contributed by atoms with Crippen molar-refractivity contribution in [2.45, 2.75) is 33.6 Å². The van der Waals surface area contributed by atoms with Gasteiger partial charge in [-0.1, -0.05) is 32.9 Å². The van der Waals surface area contributed by atoms with Crippen LogP contribution in [-0.4, -0.2) is 32.7 Å². The van der Waals surface area contributed by atoms with E-state index in [2.05, 4.69) is 48.5 Å². The van der Waals surface area contributed by atoms with Gasteiger partial charge in [0.15, 0.2) is 5.96 Å². The normalized spacial score (nSPS) is 11.6. The van der Waals surface area contributed by atoms with Gasteiger partial charge in [0.1, 0.15) is 5.75 Å². The van der Waals surface area contributed by atoms with Crippen molar-refractivity contribution in [1.29, 1.82) is 0 Å². The van der Waals surface area contributed by atoms with Gasteiger partial charge in [-0.25, -0.2) is 0 Å². The van der Waals surface area contributed by atoms with Crippen LogP contribution >= 0.6 is 0 Å². The Hall–Kier alpha value is -1.71. The molecule has 0 spiro atoms. The second-order valence-electron chi connectivity index (χ2n) is 5.52. The molecule has 0 unspecified atom stereocenters. The molecule has 0 saturated carbocycles. The summed E-state index contributed by atoms with van der Waals surface area (Å²) in [7, 11) is 1.80. The second-order valence-corrected chi connectivity index (χ2v) is 5.52. The zero-order chi connectivity index (χ0) is 15.5. The summed E-state index contributed by atoms with van der Waals surface area (Å²) in [6.07, 6.45) is 2.07. The fraction of sp³-hybridized carbons (Fsp3) is 0.588. The number of benzene rings is 1. The molecular formula is C17H29N3O. The Morgan fingerprint density at radius 2 is 1.81 bits per heavy atom. The van der Waals surface area contributed by atoms with Crippen molar-refractivity contribution in [1.82, 2.24) is 10.6 Å². The van der Waals surface area contributed by atoms with Gasteiger partial charge in [0.25, 0.3) is 0 Å². The van der Waals surface area contributed by atoms with E-state index >= 15 is 0 Å². The maximum absolute atomic E-state index is 5.68. The molecule has 1 rings (SSSR count). The van der Waals surface area contributed by atoms with E-state index in [9.17, 15) is 0 Å². The largest absolute Gasteiger partial charge is 0.493 e. The summed E-state index contributed by atoms with van der Waals surface area (Å²) in [6.45, 7) is 9.03. The summed E-state index contributed by atoms with van der Waals surface area (Å²) >= 11 is 0. The van der Waals surface area contributed by atoms with Crippen LogP contribution in [0.25, 0.3) is 0 Å². The van der Waals surface area contributed by atoms with Crippen molar-refractivity contribution >= 4 is 5.96 Å². The van der Waals surface area contributed by atoms with Crippen LogP contribution < -0.4 is 15.4 Å². The Bertz CT molecular complexity index is 413. The lowest BCUT2D eigenvalue weighted by molar-refractivity contribution is 0.271. The highest BCUT2D eigenvalue weighted by Crippen LogP contribution is 2.13. The molecule has 4 nitrogen and oxygen atoms in total. The first-order chi connectivity index (χ1) is 10.2. The minimum atomic E-state index is 0.552. The number of nitrogens with zero attached hydrogens (tertiary/aromatic N) is 1. The molecule has 0 aliphatic carbocycles. The van der Waals surface area contributed by atoms with E-state index < -0.39 is 0 Å². The molecular weight excluding hydrogens is 262 g/mol. The lowest BCUT2D eigenvalue weighted by Gasteiger charge is -2.11. The number of ether oxygens (including phenoxy) is 1. The van der Waals surface area contributed by atoms with Gasteiger partial charge in [-0.15, -0.1) is 0 Å². The molecule has 0 amide bonds. The van der Waals surface area contributed by atoms with Gasteiger partial charge in [0, 0.05) is 20.1 Å². The van der Waals surface area contributed by atoms with Crippen LogP contribution in [0.15, 0.2) is 29.3 Å². The third-order valence-corrected chi connectivity index (χ3v) is 2.98. The van der Waals surface area contributed by atoms with Gasteiger partial charge >= 0.3 is 0 Å². The number of aliphatic imine (C=N–C) groups is 1. The Kier molecular flexibility index (Phi) is 8.32. The molecule has 118 valence electrons. The standard InChI is InChI=1S/C17H29N3O/c1-5-11-19-17(18-4)20-12-10-15-6-8-16(9-7-15)21-13-14(2)3/h6-9,14H,5,10-13H2,1-4H3,(H2,18,19,20). The van der Waals surface area contributed by atoms with Crippen LogP contribution in [0.1, 0.15) is 32.8 Å². The highest BCUT2D eigenvalue weighted by molar-refractivity contribution is 5.79. The molecule has 0 atom stereocenters. The molecule has 0 bridgehead atoms. The summed E-state index contributed by atoms with van der Waals surface area (Å²) < 4.78 is 5.68. The Balaban J connectivity index is 2.32. The zero-order valence-corrected chi connectivity index (χ0v) is 13.8. The van der Waals surface area contributed by atoms with Gasteiger partial charge < -0.3 is 15.4 Å². The number of rotatable bonds is 8. The van der Waals surface area contributed by atoms with Crippen LogP contribution in [0.5, 0.6) is 5.75 Å². The molecule has 0 radical (unpaired) electrons. The first-order valence-electron chi connectivity index (χ1n) is 7.82. The van der Waals surface area contributed by atoms with Gasteiger partial charge in [-0.05, 0) is 36.5 Å². The first-order valence-corrected chi connectivity index (χ1v) is 7.82. The topological polar surface area (TPSA) is 45.7 Å². The minimum Gasteiger partial charge on any atom is -0.493 e. The minimum absolute atomic E-state index is 0.552. The van der Waals surface area contributed by atoms with E-state index in [0.29, 0.717) is 5.92 Å². The van der Waals surface area contributed by atoms with Crippen molar-refractivity contribution in [3.05, 3.63) is 29.8 Å². The highest BCUT2D eigenvalue weighted by Gasteiger charge is 1.99. The molecule has 0 aromatic heterocycles. The molecule has 0 aliphatic heterocycles. The number of hydrogen-bond acceptors (Lipinski definition) is 2. The van der Waals surface area contributed by atoms with E-state index in [4.69, 9.17) is 4.74 Å². The number of hydrogen-bond donors (Lipinski definition) is 2. The zero-order valence-electron chi connectivity index (χ0n) is 13.8. The van der Waals surface area contributed by atoms with Crippen molar-refractivity contribution in [2.75, 3.05) is 26.7 Å². The molecule has 1 aromatic carbocycles. The van der Waals surface area contributed by atoms with Gasteiger partial charge in [0.2, 0.25) is 0 Å². The summed E-state index contributed by atoms with van der Waals surface area (Å²) in [5.74, 6) is 2.37. The maximum Gasteiger partial charge on any atom is 0.190 e. The monoisotopic (exact) mass is 291 g/mol. The molecule has 2 N–H and O–H groups in total. The lowest BCUT2D eigenvalue weighted by atomic mass is 10.1. The SMILES string of the molecule is CCCNC(=NC)NCCc1ccc(OCC(C)C)cc1. The quantitative estimate of drug-likeness (QED) is 0.572. The van der Waals surface area contributed by atoms with Gasteiger partial charge in [0.05, 0.1) is 6.61 Å². The lowest BCUT2D eigenvalue weighted by Crippen LogP contribution is -2.38. The summed E-state index contributed by atoms with van der Waals surface area (Å²) in [6, 6.07) is 8.34. The Morgan fingerprint density at radius 3 is 2.38 bits per heavy atom. The average Bonchev–Trinajstić information content (AvgIpc) is 2.49. The molecule has 21 heavy (non-hydrogen) atoms. The maximum atomic E-state index is 5.68. The third kappa shape index (κ3) is 7.59. The van der Waals surface area contributed by atoms with E-state index in [1.54, 1.807) is 7.05 Å². The van der Waals surface area contributed by atoms with E-state index in [1.165, 1.54) is 5.56 Å². The second kappa shape index (κ2) is 10.1. The molecule has 0 saturated heterocycles. The Labute approximate surface area is 129 Å².